The molecule has 8 nitrogen and oxygen atoms in total. The molecule has 1 unspecified atom stereocenters. The maximum Gasteiger partial charge on any atom is 0.308 e. The van der Waals surface area contributed by atoms with Gasteiger partial charge in [-0.2, -0.15) is 0 Å². The van der Waals surface area contributed by atoms with E-state index in [1.807, 2.05) is 0 Å². The van der Waals surface area contributed by atoms with Crippen LogP contribution in [0, 0.1) is 11.8 Å². The van der Waals surface area contributed by atoms with Gasteiger partial charge in [0.1, 0.15) is 6.04 Å². The van der Waals surface area contributed by atoms with Crippen LogP contribution in [0.15, 0.2) is 0 Å². The molecule has 0 aromatic heterocycles. The summed E-state index contributed by atoms with van der Waals surface area (Å²) in [4.78, 5) is 49.7. The number of nitrogens with zero attached hydrogens (tertiary/aromatic N) is 1. The van der Waals surface area contributed by atoms with Gasteiger partial charge < -0.3 is 10.1 Å². The number of carbonyl (C=O) groups excluding carboxylic acids is 4. The lowest BCUT2D eigenvalue weighted by Crippen LogP contribution is -2.56. The quantitative estimate of drug-likeness (QED) is 0.661. The van der Waals surface area contributed by atoms with Crippen molar-refractivity contribution in [3.8, 4) is 0 Å². The highest BCUT2D eigenvalue weighted by molar-refractivity contribution is 6.38. The molecule has 3 amide bonds. The molecule has 2 heterocycles. The molecule has 0 radical (unpaired) electrons. The number of amides is 3. The number of hydrogen-bond donors (Lipinski definition) is 2. The van der Waals surface area contributed by atoms with Gasteiger partial charge in [0, 0.05) is 32.1 Å². The summed E-state index contributed by atoms with van der Waals surface area (Å²) < 4.78 is 5.36. The lowest BCUT2D eigenvalue weighted by atomic mass is 9.85. The molecule has 1 saturated carbocycles. The van der Waals surface area contributed by atoms with Gasteiger partial charge in [-0.15, -0.1) is 0 Å². The third kappa shape index (κ3) is 5.06. The van der Waals surface area contributed by atoms with Crippen molar-refractivity contribution in [2.75, 3.05) is 19.8 Å². The van der Waals surface area contributed by atoms with Crippen LogP contribution < -0.4 is 10.7 Å². The monoisotopic (exact) mass is 379 g/mol. The Kier molecular flexibility index (Phi) is 6.82. The SMILES string of the molecule is O=C(NN1CCCC1=O)C(=O)C(NC(=O)C1CCCCC1)C1CCOCC1. The van der Waals surface area contributed by atoms with Crippen LogP contribution in [0.1, 0.15) is 57.8 Å². The van der Waals surface area contributed by atoms with Gasteiger partial charge in [-0.3, -0.25) is 29.6 Å². The Labute approximate surface area is 159 Å². The van der Waals surface area contributed by atoms with E-state index in [-0.39, 0.29) is 23.7 Å². The summed E-state index contributed by atoms with van der Waals surface area (Å²) in [5.74, 6) is -2.04. The molecule has 8 heteroatoms. The van der Waals surface area contributed by atoms with Gasteiger partial charge in [0.05, 0.1) is 0 Å². The van der Waals surface area contributed by atoms with Gasteiger partial charge in [0.2, 0.25) is 17.6 Å². The number of nitrogens with one attached hydrogen (secondary N) is 2. The molecule has 0 aromatic rings. The fraction of sp³-hybridized carbons (Fsp3) is 0.789. The first-order chi connectivity index (χ1) is 13.1. The van der Waals surface area contributed by atoms with Crippen molar-refractivity contribution in [2.24, 2.45) is 11.8 Å². The van der Waals surface area contributed by atoms with E-state index < -0.39 is 17.7 Å². The summed E-state index contributed by atoms with van der Waals surface area (Å²) in [5.41, 5.74) is 2.41. The van der Waals surface area contributed by atoms with Crippen molar-refractivity contribution in [3.05, 3.63) is 0 Å². The minimum Gasteiger partial charge on any atom is -0.381 e. The first kappa shape index (κ1) is 19.8. The van der Waals surface area contributed by atoms with Gasteiger partial charge in [-0.05, 0) is 38.0 Å². The van der Waals surface area contributed by atoms with Crippen molar-refractivity contribution < 1.29 is 23.9 Å². The van der Waals surface area contributed by atoms with E-state index in [2.05, 4.69) is 10.7 Å². The predicted octanol–water partition coefficient (Wildman–Crippen LogP) is 0.701. The zero-order chi connectivity index (χ0) is 19.2. The Morgan fingerprint density at radius 2 is 1.70 bits per heavy atom. The molecule has 2 N–H and O–H groups in total. The van der Waals surface area contributed by atoms with Crippen LogP contribution in [0.5, 0.6) is 0 Å². The molecule has 3 rings (SSSR count). The summed E-state index contributed by atoms with van der Waals surface area (Å²) in [6.07, 6.45) is 7.11. The number of hydrazine groups is 1. The highest BCUT2D eigenvalue weighted by Crippen LogP contribution is 2.25. The van der Waals surface area contributed by atoms with E-state index >= 15 is 0 Å². The lowest BCUT2D eigenvalue weighted by molar-refractivity contribution is -0.147. The van der Waals surface area contributed by atoms with Crippen LogP contribution in [0.4, 0.5) is 0 Å². The molecular weight excluding hydrogens is 350 g/mol. The number of hydrogen-bond acceptors (Lipinski definition) is 5. The summed E-state index contributed by atoms with van der Waals surface area (Å²) in [6.45, 7) is 1.44. The third-order valence-corrected chi connectivity index (χ3v) is 5.83. The van der Waals surface area contributed by atoms with Crippen molar-refractivity contribution in [2.45, 2.75) is 63.8 Å². The minimum absolute atomic E-state index is 0.0860. The standard InChI is InChI=1S/C19H29N3O5/c23-15-7-4-10-22(15)21-19(26)17(24)16(13-8-11-27-12-9-13)20-18(25)14-5-2-1-3-6-14/h13-14,16H,1-12H2,(H,20,25)(H,21,26). The third-order valence-electron chi connectivity index (χ3n) is 5.83. The second kappa shape index (κ2) is 9.30. The largest absolute Gasteiger partial charge is 0.381 e. The fourth-order valence-electron chi connectivity index (χ4n) is 4.17. The molecule has 2 saturated heterocycles. The van der Waals surface area contributed by atoms with E-state index in [1.54, 1.807) is 0 Å². The maximum absolute atomic E-state index is 12.8. The van der Waals surface area contributed by atoms with Gasteiger partial charge in [-0.25, -0.2) is 0 Å². The molecule has 150 valence electrons. The average Bonchev–Trinajstić information content (AvgIpc) is 3.11. The Morgan fingerprint density at radius 3 is 2.33 bits per heavy atom. The van der Waals surface area contributed by atoms with Gasteiger partial charge in [0.25, 0.3) is 0 Å². The normalized spacial score (nSPS) is 23.1. The number of rotatable bonds is 6. The fourth-order valence-corrected chi connectivity index (χ4v) is 4.17. The van der Waals surface area contributed by atoms with Crippen LogP contribution in [0.3, 0.4) is 0 Å². The Morgan fingerprint density at radius 1 is 1.00 bits per heavy atom. The van der Waals surface area contributed by atoms with Gasteiger partial charge in [-0.1, -0.05) is 19.3 Å². The Balaban J connectivity index is 1.66. The molecule has 27 heavy (non-hydrogen) atoms. The average molecular weight is 379 g/mol. The lowest BCUT2D eigenvalue weighted by Gasteiger charge is -2.31. The Hall–Kier alpha value is -1.96. The number of Topliss-reactive ketones (excluding diaryl/α,β-unsaturated/α-hetero) is 1. The number of ketones is 1. The molecule has 1 aliphatic carbocycles. The maximum atomic E-state index is 12.8. The smallest absolute Gasteiger partial charge is 0.308 e. The molecule has 3 fully saturated rings. The molecule has 0 aromatic carbocycles. The zero-order valence-electron chi connectivity index (χ0n) is 15.7. The van der Waals surface area contributed by atoms with Gasteiger partial charge >= 0.3 is 5.91 Å². The van der Waals surface area contributed by atoms with E-state index in [0.717, 1.165) is 32.1 Å². The number of carbonyl (C=O) groups is 4. The van der Waals surface area contributed by atoms with Crippen LogP contribution >= 0.6 is 0 Å². The number of ether oxygens (including phenoxy) is 1. The summed E-state index contributed by atoms with van der Waals surface area (Å²) in [6, 6.07) is -0.860. The van der Waals surface area contributed by atoms with E-state index in [4.69, 9.17) is 4.74 Å². The summed E-state index contributed by atoms with van der Waals surface area (Å²) in [5, 5.41) is 4.06. The minimum atomic E-state index is -0.860. The van der Waals surface area contributed by atoms with E-state index in [1.165, 1.54) is 5.01 Å². The molecule has 2 aliphatic heterocycles. The molecule has 3 aliphatic rings. The van der Waals surface area contributed by atoms with E-state index in [0.29, 0.717) is 45.4 Å². The van der Waals surface area contributed by atoms with Crippen molar-refractivity contribution >= 4 is 23.5 Å². The highest BCUT2D eigenvalue weighted by Gasteiger charge is 2.37. The topological polar surface area (TPSA) is 105 Å². The first-order valence-electron chi connectivity index (χ1n) is 10.1. The predicted molar refractivity (Wildman–Crippen MR) is 96.1 cm³/mol. The summed E-state index contributed by atoms with van der Waals surface area (Å²) in [7, 11) is 0. The zero-order valence-corrected chi connectivity index (χ0v) is 15.7. The van der Waals surface area contributed by atoms with Crippen LogP contribution in [-0.4, -0.2) is 54.3 Å². The van der Waals surface area contributed by atoms with Gasteiger partial charge in [0.15, 0.2) is 0 Å². The van der Waals surface area contributed by atoms with Crippen molar-refractivity contribution in [1.29, 1.82) is 0 Å². The second-order valence-electron chi connectivity index (χ2n) is 7.73. The Bertz CT molecular complexity index is 582. The van der Waals surface area contributed by atoms with E-state index in [9.17, 15) is 19.2 Å². The highest BCUT2D eigenvalue weighted by atomic mass is 16.5. The first-order valence-corrected chi connectivity index (χ1v) is 10.1. The van der Waals surface area contributed by atoms with Crippen LogP contribution in [0.2, 0.25) is 0 Å². The molecule has 1 atom stereocenters. The van der Waals surface area contributed by atoms with Crippen LogP contribution in [0.25, 0.3) is 0 Å². The molecular formula is C19H29N3O5. The van der Waals surface area contributed by atoms with Crippen molar-refractivity contribution in [3.63, 3.8) is 0 Å². The second-order valence-corrected chi connectivity index (χ2v) is 7.73. The molecule has 0 bridgehead atoms. The van der Waals surface area contributed by atoms with Crippen LogP contribution in [-0.2, 0) is 23.9 Å². The summed E-state index contributed by atoms with van der Waals surface area (Å²) >= 11 is 0. The van der Waals surface area contributed by atoms with Crippen molar-refractivity contribution in [1.82, 2.24) is 15.8 Å². The molecule has 0 spiro atoms.